The number of aryl methyl sites for hydroxylation is 1. The molecule has 0 spiro atoms. The summed E-state index contributed by atoms with van der Waals surface area (Å²) in [6.45, 7) is 1.99. The van der Waals surface area contributed by atoms with Crippen LogP contribution in [0.25, 0.3) is 15.8 Å². The van der Waals surface area contributed by atoms with Gasteiger partial charge in [-0.1, -0.05) is 11.8 Å². The SMILES string of the molecule is Cc1nc2ccc(C3=C=C=C(F)C=C3)cc2s1. The van der Waals surface area contributed by atoms with Crippen LogP contribution < -0.4 is 0 Å². The Morgan fingerprint density at radius 2 is 2.12 bits per heavy atom. The Hall–Kier alpha value is -1.92. The number of hydrogen-bond donors (Lipinski definition) is 0. The van der Waals surface area contributed by atoms with Gasteiger partial charge in [-0.3, -0.25) is 0 Å². The van der Waals surface area contributed by atoms with Crippen molar-refractivity contribution in [2.24, 2.45) is 0 Å². The lowest BCUT2D eigenvalue weighted by molar-refractivity contribution is 0.669. The van der Waals surface area contributed by atoms with Gasteiger partial charge >= 0.3 is 0 Å². The highest BCUT2D eigenvalue weighted by molar-refractivity contribution is 7.18. The first kappa shape index (κ1) is 10.2. The summed E-state index contributed by atoms with van der Waals surface area (Å²) >= 11 is 1.65. The first-order chi connectivity index (χ1) is 8.22. The van der Waals surface area contributed by atoms with Crippen molar-refractivity contribution in [2.45, 2.75) is 6.92 Å². The van der Waals surface area contributed by atoms with Gasteiger partial charge in [0.25, 0.3) is 0 Å². The zero-order chi connectivity index (χ0) is 11.8. The molecule has 0 amide bonds. The fraction of sp³-hybridized carbons (Fsp3) is 0.0714. The lowest BCUT2D eigenvalue weighted by Gasteiger charge is -2.00. The van der Waals surface area contributed by atoms with Gasteiger partial charge in [-0.15, -0.1) is 11.3 Å². The summed E-state index contributed by atoms with van der Waals surface area (Å²) in [5.74, 6) is -0.386. The molecule has 0 fully saturated rings. The van der Waals surface area contributed by atoms with Crippen LogP contribution in [0.2, 0.25) is 0 Å². The van der Waals surface area contributed by atoms with Crippen molar-refractivity contribution in [2.75, 3.05) is 0 Å². The second-order valence-electron chi connectivity index (χ2n) is 3.76. The predicted molar refractivity (Wildman–Crippen MR) is 68.6 cm³/mol. The summed E-state index contributed by atoms with van der Waals surface area (Å²) in [4.78, 5) is 4.40. The molecule has 0 aliphatic heterocycles. The Balaban J connectivity index is 2.19. The van der Waals surface area contributed by atoms with E-state index in [1.165, 1.54) is 6.08 Å². The van der Waals surface area contributed by atoms with Gasteiger partial charge < -0.3 is 0 Å². The largest absolute Gasteiger partial charge is 0.242 e. The lowest BCUT2D eigenvalue weighted by Crippen LogP contribution is -1.81. The van der Waals surface area contributed by atoms with Crippen molar-refractivity contribution in [3.63, 3.8) is 0 Å². The highest BCUT2D eigenvalue weighted by atomic mass is 32.1. The summed E-state index contributed by atoms with van der Waals surface area (Å²) in [5, 5.41) is 1.05. The average Bonchev–Trinajstić information content (AvgIpc) is 2.69. The molecule has 0 bridgehead atoms. The third-order valence-electron chi connectivity index (χ3n) is 2.52. The van der Waals surface area contributed by atoms with Crippen LogP contribution in [0.5, 0.6) is 0 Å². The van der Waals surface area contributed by atoms with Gasteiger partial charge in [-0.25, -0.2) is 4.98 Å². The molecule has 3 rings (SSSR count). The molecule has 0 atom stereocenters. The summed E-state index contributed by atoms with van der Waals surface area (Å²) in [6, 6.07) is 6.00. The van der Waals surface area contributed by atoms with Crippen molar-refractivity contribution in [3.8, 4) is 0 Å². The van der Waals surface area contributed by atoms with Crippen molar-refractivity contribution in [3.05, 3.63) is 58.2 Å². The lowest BCUT2D eigenvalue weighted by atomic mass is 10.0. The van der Waals surface area contributed by atoms with Gasteiger partial charge in [-0.2, -0.15) is 4.39 Å². The number of allylic oxidation sites excluding steroid dienone is 4. The molecule has 82 valence electrons. The van der Waals surface area contributed by atoms with Gasteiger partial charge in [0, 0.05) is 5.57 Å². The highest BCUT2D eigenvalue weighted by Gasteiger charge is 2.05. The maximum absolute atomic E-state index is 12.8. The van der Waals surface area contributed by atoms with Crippen LogP contribution in [0.4, 0.5) is 4.39 Å². The Morgan fingerprint density at radius 1 is 1.24 bits per heavy atom. The van der Waals surface area contributed by atoms with E-state index in [2.05, 4.69) is 22.5 Å². The number of nitrogens with zero attached hydrogens (tertiary/aromatic N) is 1. The van der Waals surface area contributed by atoms with E-state index in [4.69, 9.17) is 0 Å². The van der Waals surface area contributed by atoms with Crippen molar-refractivity contribution >= 4 is 27.1 Å². The summed E-state index contributed by atoms with van der Waals surface area (Å²) < 4.78 is 13.9. The normalized spacial score (nSPS) is 14.0. The van der Waals surface area contributed by atoms with Crippen molar-refractivity contribution in [1.82, 2.24) is 4.98 Å². The molecule has 2 aromatic rings. The molecule has 1 heterocycles. The Morgan fingerprint density at radius 3 is 2.88 bits per heavy atom. The zero-order valence-electron chi connectivity index (χ0n) is 9.12. The van der Waals surface area contributed by atoms with Crippen LogP contribution in [0.3, 0.4) is 0 Å². The second-order valence-corrected chi connectivity index (χ2v) is 5.00. The fourth-order valence-electron chi connectivity index (χ4n) is 1.74. The number of benzene rings is 1. The van der Waals surface area contributed by atoms with Crippen LogP contribution in [0.1, 0.15) is 10.6 Å². The van der Waals surface area contributed by atoms with E-state index >= 15 is 0 Å². The van der Waals surface area contributed by atoms with E-state index in [-0.39, 0.29) is 5.83 Å². The summed E-state index contributed by atoms with van der Waals surface area (Å²) in [5.41, 5.74) is 8.12. The second kappa shape index (κ2) is 3.83. The molecule has 17 heavy (non-hydrogen) atoms. The van der Waals surface area contributed by atoms with Crippen LogP contribution in [-0.4, -0.2) is 4.98 Å². The number of fused-ring (bicyclic) bond motifs is 1. The topological polar surface area (TPSA) is 12.9 Å². The zero-order valence-corrected chi connectivity index (χ0v) is 9.94. The maximum atomic E-state index is 12.8. The molecule has 0 unspecified atom stereocenters. The van der Waals surface area contributed by atoms with E-state index in [0.717, 1.165) is 26.4 Å². The van der Waals surface area contributed by atoms with E-state index in [0.29, 0.717) is 0 Å². The number of rotatable bonds is 1. The van der Waals surface area contributed by atoms with Crippen LogP contribution >= 0.6 is 11.3 Å². The molecule has 0 saturated carbocycles. The molecule has 1 aliphatic carbocycles. The number of hydrogen-bond acceptors (Lipinski definition) is 2. The molecule has 0 saturated heterocycles. The van der Waals surface area contributed by atoms with Gasteiger partial charge in [0.15, 0.2) is 5.83 Å². The fourth-order valence-corrected chi connectivity index (χ4v) is 2.61. The van der Waals surface area contributed by atoms with Crippen molar-refractivity contribution < 1.29 is 4.39 Å². The van der Waals surface area contributed by atoms with E-state index < -0.39 is 0 Å². The standard InChI is InChI=1S/C14H8FNS/c1-9-16-13-7-4-11(8-14(13)17-9)10-2-5-12(15)6-3-10/h2,4-5,7-8H,1H3. The van der Waals surface area contributed by atoms with E-state index in [9.17, 15) is 4.39 Å². The molecule has 1 nitrogen and oxygen atoms in total. The minimum atomic E-state index is -0.386. The Bertz CT molecular complexity index is 739. The van der Waals surface area contributed by atoms with Gasteiger partial charge in [-0.05, 0) is 42.5 Å². The summed E-state index contributed by atoms with van der Waals surface area (Å²) in [7, 11) is 0. The van der Waals surface area contributed by atoms with Gasteiger partial charge in [0.05, 0.1) is 15.2 Å². The minimum Gasteiger partial charge on any atom is -0.242 e. The van der Waals surface area contributed by atoms with Crippen LogP contribution in [-0.2, 0) is 0 Å². The molecular weight excluding hydrogens is 233 g/mol. The van der Waals surface area contributed by atoms with Crippen LogP contribution in [0.15, 0.2) is 47.6 Å². The number of aromatic nitrogens is 1. The smallest absolute Gasteiger partial charge is 0.173 e. The molecule has 1 aromatic carbocycles. The summed E-state index contributed by atoms with van der Waals surface area (Å²) in [6.07, 6.45) is 3.11. The van der Waals surface area contributed by atoms with Gasteiger partial charge in [0.1, 0.15) is 0 Å². The maximum Gasteiger partial charge on any atom is 0.173 e. The number of halogens is 1. The molecular formula is C14H8FNS. The average molecular weight is 241 g/mol. The Kier molecular flexibility index (Phi) is 2.31. The monoisotopic (exact) mass is 241 g/mol. The molecule has 0 N–H and O–H groups in total. The third-order valence-corrected chi connectivity index (χ3v) is 3.45. The molecule has 1 aromatic heterocycles. The first-order valence-corrected chi connectivity index (χ1v) is 6.01. The van der Waals surface area contributed by atoms with E-state index in [1.54, 1.807) is 17.4 Å². The first-order valence-electron chi connectivity index (χ1n) is 5.19. The van der Waals surface area contributed by atoms with Crippen LogP contribution in [0, 0.1) is 6.92 Å². The van der Waals surface area contributed by atoms with E-state index in [1.807, 2.05) is 19.1 Å². The molecule has 1 aliphatic rings. The Labute approximate surface area is 102 Å². The number of thiazole rings is 1. The van der Waals surface area contributed by atoms with Gasteiger partial charge in [0.2, 0.25) is 0 Å². The quantitative estimate of drug-likeness (QED) is 0.683. The third kappa shape index (κ3) is 1.88. The highest BCUT2D eigenvalue weighted by Crippen LogP contribution is 2.26. The van der Waals surface area contributed by atoms with Crippen molar-refractivity contribution in [1.29, 1.82) is 0 Å². The molecule has 3 heteroatoms. The predicted octanol–water partition coefficient (Wildman–Crippen LogP) is 4.17. The molecule has 0 radical (unpaired) electrons. The minimum absolute atomic E-state index is 0.386.